The molecule has 0 bridgehead atoms. The molecule has 0 radical (unpaired) electrons. The molecular weight excluding hydrogens is 176 g/mol. The normalized spacial score (nSPS) is 10.2. The first-order valence-electron chi connectivity index (χ1n) is 3.29. The topological polar surface area (TPSA) is 120 Å². The number of H-pyrrole nitrogens is 2. The van der Waals surface area contributed by atoms with Crippen molar-refractivity contribution >= 4 is 5.97 Å². The molecule has 13 heavy (non-hydrogen) atoms. The highest BCUT2D eigenvalue weighted by atomic mass is 16.4. The molecular formula is C5H4N6O2. The van der Waals surface area contributed by atoms with Crippen molar-refractivity contribution in [2.75, 3.05) is 0 Å². The summed E-state index contributed by atoms with van der Waals surface area (Å²) in [6, 6.07) is 0. The minimum atomic E-state index is -1.09. The summed E-state index contributed by atoms with van der Waals surface area (Å²) >= 11 is 0. The maximum absolute atomic E-state index is 10.6. The van der Waals surface area contributed by atoms with Gasteiger partial charge in [0, 0.05) is 0 Å². The predicted octanol–water partition coefficient (Wildman–Crippen LogP) is -0.712. The maximum Gasteiger partial charge on any atom is 0.339 e. The van der Waals surface area contributed by atoms with Crippen molar-refractivity contribution < 1.29 is 9.90 Å². The summed E-state index contributed by atoms with van der Waals surface area (Å²) in [7, 11) is 0. The molecule has 2 heterocycles. The number of aromatic amines is 2. The van der Waals surface area contributed by atoms with Gasteiger partial charge in [-0.15, -0.1) is 10.2 Å². The van der Waals surface area contributed by atoms with Crippen LogP contribution in [0.3, 0.4) is 0 Å². The smallest absolute Gasteiger partial charge is 0.339 e. The lowest BCUT2D eigenvalue weighted by Gasteiger charge is -1.89. The molecule has 0 amide bonds. The number of aromatic nitrogens is 6. The van der Waals surface area contributed by atoms with E-state index in [-0.39, 0.29) is 17.1 Å². The van der Waals surface area contributed by atoms with Gasteiger partial charge in [0.1, 0.15) is 11.3 Å². The van der Waals surface area contributed by atoms with E-state index in [1.807, 2.05) is 0 Å². The molecule has 0 aliphatic heterocycles. The van der Waals surface area contributed by atoms with Gasteiger partial charge in [-0.2, -0.15) is 10.3 Å². The van der Waals surface area contributed by atoms with E-state index in [9.17, 15) is 4.79 Å². The molecule has 0 atom stereocenters. The van der Waals surface area contributed by atoms with Gasteiger partial charge in [0.25, 0.3) is 0 Å². The highest BCUT2D eigenvalue weighted by molar-refractivity contribution is 5.93. The Kier molecular flexibility index (Phi) is 1.51. The van der Waals surface area contributed by atoms with Gasteiger partial charge in [-0.1, -0.05) is 0 Å². The fourth-order valence-corrected chi connectivity index (χ4v) is 0.886. The van der Waals surface area contributed by atoms with E-state index in [4.69, 9.17) is 5.11 Å². The quantitative estimate of drug-likeness (QED) is 0.561. The number of nitrogens with one attached hydrogen (secondary N) is 2. The number of tetrazole rings is 1. The van der Waals surface area contributed by atoms with Crippen molar-refractivity contribution in [3.63, 3.8) is 0 Å². The van der Waals surface area contributed by atoms with Crippen molar-refractivity contribution in [1.29, 1.82) is 0 Å². The lowest BCUT2D eigenvalue weighted by molar-refractivity contribution is 0.0697. The molecule has 0 saturated heterocycles. The van der Waals surface area contributed by atoms with Gasteiger partial charge < -0.3 is 5.11 Å². The molecule has 0 unspecified atom stereocenters. The zero-order valence-corrected chi connectivity index (χ0v) is 6.22. The second kappa shape index (κ2) is 2.66. The number of carboxylic acid groups (broad SMARTS) is 1. The van der Waals surface area contributed by atoms with E-state index in [1.54, 1.807) is 0 Å². The lowest BCUT2D eigenvalue weighted by Crippen LogP contribution is -1.97. The van der Waals surface area contributed by atoms with Crippen LogP contribution in [0.4, 0.5) is 0 Å². The molecule has 2 aromatic rings. The van der Waals surface area contributed by atoms with Crippen LogP contribution in [0.5, 0.6) is 0 Å². The zero-order chi connectivity index (χ0) is 9.26. The number of hydrogen-bond acceptors (Lipinski definition) is 5. The van der Waals surface area contributed by atoms with Crippen molar-refractivity contribution in [2.24, 2.45) is 0 Å². The minimum Gasteiger partial charge on any atom is -0.478 e. The van der Waals surface area contributed by atoms with Crippen molar-refractivity contribution in [1.82, 2.24) is 30.8 Å². The Balaban J connectivity index is 2.52. The van der Waals surface area contributed by atoms with E-state index < -0.39 is 5.97 Å². The SMILES string of the molecule is O=C(O)c1cn[nH]c1-c1nn[nH]n1. The minimum absolute atomic E-state index is 0.0152. The average Bonchev–Trinajstić information content (AvgIpc) is 2.74. The molecule has 0 aliphatic rings. The Morgan fingerprint density at radius 3 is 3.00 bits per heavy atom. The van der Waals surface area contributed by atoms with Crippen LogP contribution in [-0.2, 0) is 0 Å². The molecule has 66 valence electrons. The molecule has 8 nitrogen and oxygen atoms in total. The van der Waals surface area contributed by atoms with Crippen LogP contribution in [0, 0.1) is 0 Å². The summed E-state index contributed by atoms with van der Waals surface area (Å²) in [4.78, 5) is 10.6. The fourth-order valence-electron chi connectivity index (χ4n) is 0.886. The number of rotatable bonds is 2. The van der Waals surface area contributed by atoms with Gasteiger partial charge in [0.05, 0.1) is 6.20 Å². The molecule has 0 spiro atoms. The third-order valence-corrected chi connectivity index (χ3v) is 1.44. The number of nitrogens with zero attached hydrogens (tertiary/aromatic N) is 4. The summed E-state index contributed by atoms with van der Waals surface area (Å²) in [6.07, 6.45) is 1.19. The fraction of sp³-hybridized carbons (Fsp3) is 0. The predicted molar refractivity (Wildman–Crippen MR) is 38.7 cm³/mol. The summed E-state index contributed by atoms with van der Waals surface area (Å²) in [5.41, 5.74) is 0.252. The number of hydrogen-bond donors (Lipinski definition) is 3. The zero-order valence-electron chi connectivity index (χ0n) is 6.22. The molecule has 2 rings (SSSR count). The first-order chi connectivity index (χ1) is 6.29. The van der Waals surface area contributed by atoms with Gasteiger partial charge >= 0.3 is 5.97 Å². The highest BCUT2D eigenvalue weighted by Gasteiger charge is 2.16. The first kappa shape index (κ1) is 7.40. The largest absolute Gasteiger partial charge is 0.478 e. The third-order valence-electron chi connectivity index (χ3n) is 1.44. The summed E-state index contributed by atoms with van der Waals surface area (Å²) < 4.78 is 0. The van der Waals surface area contributed by atoms with E-state index >= 15 is 0 Å². The van der Waals surface area contributed by atoms with Crippen molar-refractivity contribution in [3.05, 3.63) is 11.8 Å². The number of carboxylic acids is 1. The van der Waals surface area contributed by atoms with Crippen LogP contribution in [0.25, 0.3) is 11.5 Å². The van der Waals surface area contributed by atoms with Crippen LogP contribution in [-0.4, -0.2) is 41.9 Å². The van der Waals surface area contributed by atoms with E-state index in [0.717, 1.165) is 0 Å². The van der Waals surface area contributed by atoms with E-state index in [2.05, 4.69) is 30.8 Å². The van der Waals surface area contributed by atoms with Crippen LogP contribution in [0.1, 0.15) is 10.4 Å². The molecule has 0 aromatic carbocycles. The van der Waals surface area contributed by atoms with Crippen LogP contribution >= 0.6 is 0 Å². The van der Waals surface area contributed by atoms with Crippen molar-refractivity contribution in [2.45, 2.75) is 0 Å². The van der Waals surface area contributed by atoms with Crippen LogP contribution in [0.2, 0.25) is 0 Å². The third kappa shape index (κ3) is 1.13. The average molecular weight is 180 g/mol. The standard InChI is InChI=1S/C5H4N6O2/c12-5(13)2-1-6-7-3(2)4-8-10-11-9-4/h1H,(H,6,7)(H,12,13)(H,8,9,10,11). The molecule has 0 aliphatic carbocycles. The second-order valence-corrected chi connectivity index (χ2v) is 2.20. The lowest BCUT2D eigenvalue weighted by atomic mass is 10.2. The second-order valence-electron chi connectivity index (χ2n) is 2.20. The molecule has 0 saturated carbocycles. The first-order valence-corrected chi connectivity index (χ1v) is 3.29. The molecule has 8 heteroatoms. The Morgan fingerprint density at radius 2 is 2.38 bits per heavy atom. The summed E-state index contributed by atoms with van der Waals surface area (Å²) in [5, 5.41) is 27.5. The monoisotopic (exact) mass is 180 g/mol. The number of carbonyl (C=O) groups is 1. The molecule has 3 N–H and O–H groups in total. The Labute approximate surface area is 71.0 Å². The highest BCUT2D eigenvalue weighted by Crippen LogP contribution is 2.14. The summed E-state index contributed by atoms with van der Waals surface area (Å²) in [6.45, 7) is 0. The maximum atomic E-state index is 10.6. The Hall–Kier alpha value is -2.25. The van der Waals surface area contributed by atoms with E-state index in [0.29, 0.717) is 0 Å². The van der Waals surface area contributed by atoms with Crippen molar-refractivity contribution in [3.8, 4) is 11.5 Å². The van der Waals surface area contributed by atoms with Gasteiger partial charge in [-0.05, 0) is 5.21 Å². The van der Waals surface area contributed by atoms with Gasteiger partial charge in [-0.3, -0.25) is 5.10 Å². The molecule has 0 fully saturated rings. The van der Waals surface area contributed by atoms with Crippen LogP contribution < -0.4 is 0 Å². The summed E-state index contributed by atoms with van der Waals surface area (Å²) in [5.74, 6) is -0.913. The van der Waals surface area contributed by atoms with Gasteiger partial charge in [0.2, 0.25) is 5.82 Å². The Morgan fingerprint density at radius 1 is 1.54 bits per heavy atom. The van der Waals surface area contributed by atoms with Gasteiger partial charge in [0.15, 0.2) is 0 Å². The van der Waals surface area contributed by atoms with Gasteiger partial charge in [-0.25, -0.2) is 4.79 Å². The molecule has 2 aromatic heterocycles. The number of aromatic carboxylic acids is 1. The Bertz CT molecular complexity index is 418. The van der Waals surface area contributed by atoms with Crippen LogP contribution in [0.15, 0.2) is 6.20 Å². The van der Waals surface area contributed by atoms with E-state index in [1.165, 1.54) is 6.20 Å².